The molecule has 0 atom stereocenters. The number of aromatic nitrogens is 3. The molecule has 2 aromatic carbocycles. The fourth-order valence-electron chi connectivity index (χ4n) is 2.50. The minimum Gasteiger partial charge on any atom is -0.294 e. The van der Waals surface area contributed by atoms with Crippen molar-refractivity contribution in [3.63, 3.8) is 0 Å². The lowest BCUT2D eigenvalue weighted by molar-refractivity contribution is -0.137. The summed E-state index contributed by atoms with van der Waals surface area (Å²) in [6.07, 6.45) is -2.17. The van der Waals surface area contributed by atoms with Crippen molar-refractivity contribution >= 4 is 6.21 Å². The highest BCUT2D eigenvalue weighted by Crippen LogP contribution is 2.32. The molecule has 3 aromatic rings. The van der Waals surface area contributed by atoms with Gasteiger partial charge >= 0.3 is 6.18 Å². The van der Waals surface area contributed by atoms with Crippen LogP contribution in [-0.4, -0.2) is 28.7 Å². The highest BCUT2D eigenvalue weighted by Gasteiger charge is 2.30. The lowest BCUT2D eigenvalue weighted by atomic mass is 10.00. The first-order chi connectivity index (χ1) is 12.0. The Balaban J connectivity index is 1.82. The summed E-state index contributed by atoms with van der Waals surface area (Å²) in [5, 5.41) is 10.7. The monoisotopic (exact) mass is 344 g/mol. The number of aromatic amines is 1. The highest BCUT2D eigenvalue weighted by atomic mass is 19.4. The van der Waals surface area contributed by atoms with Gasteiger partial charge < -0.3 is 0 Å². The van der Waals surface area contributed by atoms with Crippen LogP contribution in [0.3, 0.4) is 0 Å². The van der Waals surface area contributed by atoms with Crippen molar-refractivity contribution in [2.45, 2.75) is 12.6 Å². The predicted molar refractivity (Wildman–Crippen MR) is 89.6 cm³/mol. The molecule has 128 valence electrons. The zero-order valence-corrected chi connectivity index (χ0v) is 13.4. The average Bonchev–Trinajstić information content (AvgIpc) is 3.02. The van der Waals surface area contributed by atoms with E-state index in [-0.39, 0.29) is 0 Å². The summed E-state index contributed by atoms with van der Waals surface area (Å²) in [5.41, 5.74) is 3.02. The van der Waals surface area contributed by atoms with Gasteiger partial charge in [0.05, 0.1) is 17.5 Å². The molecule has 0 aliphatic rings. The molecule has 0 fully saturated rings. The van der Waals surface area contributed by atoms with Crippen molar-refractivity contribution in [1.29, 1.82) is 0 Å². The van der Waals surface area contributed by atoms with Crippen LogP contribution in [0.15, 0.2) is 53.5 Å². The average molecular weight is 344 g/mol. The van der Waals surface area contributed by atoms with Gasteiger partial charge in [0.2, 0.25) is 0 Å². The van der Waals surface area contributed by atoms with E-state index < -0.39 is 11.7 Å². The summed E-state index contributed by atoms with van der Waals surface area (Å²) < 4.78 is 38.5. The number of halogens is 3. The molecule has 0 radical (unpaired) electrons. The summed E-state index contributed by atoms with van der Waals surface area (Å²) in [7, 11) is 1.66. The molecule has 0 unspecified atom stereocenters. The maximum absolute atomic E-state index is 12.8. The SMILES string of the molecule is CN=Cc1n[nH]nc1Cc1ccc(-c2cccc(C(F)(F)F)c2)cc1. The van der Waals surface area contributed by atoms with Gasteiger partial charge in [0.1, 0.15) is 5.69 Å². The van der Waals surface area contributed by atoms with Gasteiger partial charge in [0, 0.05) is 13.5 Å². The summed E-state index contributed by atoms with van der Waals surface area (Å²) in [6, 6.07) is 12.7. The Bertz CT molecular complexity index is 880. The Morgan fingerprint density at radius 2 is 1.80 bits per heavy atom. The van der Waals surface area contributed by atoms with Gasteiger partial charge in [0.25, 0.3) is 0 Å². The van der Waals surface area contributed by atoms with Gasteiger partial charge in [-0.3, -0.25) is 4.99 Å². The minimum atomic E-state index is -4.35. The van der Waals surface area contributed by atoms with E-state index in [0.29, 0.717) is 17.7 Å². The summed E-state index contributed by atoms with van der Waals surface area (Å²) in [4.78, 5) is 3.92. The highest BCUT2D eigenvalue weighted by molar-refractivity contribution is 5.78. The number of nitrogens with one attached hydrogen (secondary N) is 1. The van der Waals surface area contributed by atoms with E-state index >= 15 is 0 Å². The van der Waals surface area contributed by atoms with E-state index in [9.17, 15) is 13.2 Å². The maximum atomic E-state index is 12.8. The molecular formula is C18H15F3N4. The predicted octanol–water partition coefficient (Wildman–Crippen LogP) is 4.13. The van der Waals surface area contributed by atoms with E-state index in [1.165, 1.54) is 6.07 Å². The first-order valence-corrected chi connectivity index (χ1v) is 7.56. The molecule has 1 aromatic heterocycles. The number of alkyl halides is 3. The number of hydrogen-bond acceptors (Lipinski definition) is 3. The van der Waals surface area contributed by atoms with Crippen molar-refractivity contribution in [3.8, 4) is 11.1 Å². The summed E-state index contributed by atoms with van der Waals surface area (Å²) in [5.74, 6) is 0. The zero-order chi connectivity index (χ0) is 17.9. The van der Waals surface area contributed by atoms with Crippen LogP contribution in [0.1, 0.15) is 22.5 Å². The van der Waals surface area contributed by atoms with Crippen LogP contribution in [0, 0.1) is 0 Å². The molecule has 3 rings (SSSR count). The van der Waals surface area contributed by atoms with Crippen LogP contribution in [0.25, 0.3) is 11.1 Å². The van der Waals surface area contributed by atoms with Crippen LogP contribution in [0.5, 0.6) is 0 Å². The van der Waals surface area contributed by atoms with Gasteiger partial charge in [-0.1, -0.05) is 36.4 Å². The van der Waals surface area contributed by atoms with Crippen LogP contribution >= 0.6 is 0 Å². The van der Waals surface area contributed by atoms with Crippen LogP contribution < -0.4 is 0 Å². The largest absolute Gasteiger partial charge is 0.416 e. The molecule has 7 heteroatoms. The number of aliphatic imine (C=N–C) groups is 1. The molecule has 0 spiro atoms. The van der Waals surface area contributed by atoms with Gasteiger partial charge in [0.15, 0.2) is 0 Å². The molecule has 0 aliphatic carbocycles. The van der Waals surface area contributed by atoms with Crippen LogP contribution in [0.2, 0.25) is 0 Å². The molecule has 4 nitrogen and oxygen atoms in total. The second-order valence-corrected chi connectivity index (χ2v) is 5.50. The van der Waals surface area contributed by atoms with E-state index in [1.807, 2.05) is 12.1 Å². The fraction of sp³-hybridized carbons (Fsp3) is 0.167. The number of benzene rings is 2. The standard InChI is InChI=1S/C18H15F3N4/c1-22-11-17-16(23-25-24-17)9-12-5-7-13(8-6-12)14-3-2-4-15(10-14)18(19,20)21/h2-8,10-11H,9H2,1H3,(H,23,24,25). The number of H-pyrrole nitrogens is 1. The molecule has 0 amide bonds. The Morgan fingerprint density at radius 3 is 2.48 bits per heavy atom. The third kappa shape index (κ3) is 3.93. The fourth-order valence-corrected chi connectivity index (χ4v) is 2.50. The second-order valence-electron chi connectivity index (χ2n) is 5.50. The van der Waals surface area contributed by atoms with Gasteiger partial charge in [-0.15, -0.1) is 0 Å². The zero-order valence-electron chi connectivity index (χ0n) is 13.4. The van der Waals surface area contributed by atoms with Crippen molar-refractivity contribution in [2.24, 2.45) is 4.99 Å². The van der Waals surface area contributed by atoms with E-state index in [1.54, 1.807) is 31.5 Å². The Labute approximate surface area is 142 Å². The summed E-state index contributed by atoms with van der Waals surface area (Å²) >= 11 is 0. The smallest absolute Gasteiger partial charge is 0.294 e. The van der Waals surface area contributed by atoms with Crippen LogP contribution in [-0.2, 0) is 12.6 Å². The molecule has 25 heavy (non-hydrogen) atoms. The molecule has 1 N–H and O–H groups in total. The minimum absolute atomic E-state index is 0.529. The van der Waals surface area contributed by atoms with Gasteiger partial charge in [-0.2, -0.15) is 28.6 Å². The van der Waals surface area contributed by atoms with Crippen molar-refractivity contribution < 1.29 is 13.2 Å². The van der Waals surface area contributed by atoms with Gasteiger partial charge in [-0.25, -0.2) is 0 Å². The van der Waals surface area contributed by atoms with E-state index in [0.717, 1.165) is 29.0 Å². The second kappa shape index (κ2) is 6.88. The van der Waals surface area contributed by atoms with Crippen molar-refractivity contribution in [1.82, 2.24) is 15.4 Å². The van der Waals surface area contributed by atoms with E-state index in [2.05, 4.69) is 20.4 Å². The molecule has 0 bridgehead atoms. The van der Waals surface area contributed by atoms with E-state index in [4.69, 9.17) is 0 Å². The first-order valence-electron chi connectivity index (χ1n) is 7.56. The third-order valence-corrected chi connectivity index (χ3v) is 3.75. The topological polar surface area (TPSA) is 53.9 Å². The number of nitrogens with zero attached hydrogens (tertiary/aromatic N) is 3. The normalized spacial score (nSPS) is 12.0. The maximum Gasteiger partial charge on any atom is 0.416 e. The first kappa shape index (κ1) is 16.9. The number of hydrogen-bond donors (Lipinski definition) is 1. The number of rotatable bonds is 4. The Morgan fingerprint density at radius 1 is 1.04 bits per heavy atom. The Hall–Kier alpha value is -2.96. The molecule has 1 heterocycles. The summed E-state index contributed by atoms with van der Waals surface area (Å²) in [6.45, 7) is 0. The third-order valence-electron chi connectivity index (χ3n) is 3.75. The van der Waals surface area contributed by atoms with Crippen molar-refractivity contribution in [3.05, 3.63) is 71.0 Å². The Kier molecular flexibility index (Phi) is 4.65. The molecule has 0 saturated carbocycles. The van der Waals surface area contributed by atoms with Crippen LogP contribution in [0.4, 0.5) is 13.2 Å². The quantitative estimate of drug-likeness (QED) is 0.724. The molecule has 0 aliphatic heterocycles. The lowest BCUT2D eigenvalue weighted by Crippen LogP contribution is -2.04. The van der Waals surface area contributed by atoms with Crippen molar-refractivity contribution in [2.75, 3.05) is 7.05 Å². The van der Waals surface area contributed by atoms with Gasteiger partial charge in [-0.05, 0) is 28.8 Å². The molecule has 0 saturated heterocycles. The lowest BCUT2D eigenvalue weighted by Gasteiger charge is -2.09. The molecular weight excluding hydrogens is 329 g/mol.